The highest BCUT2D eigenvalue weighted by molar-refractivity contribution is 5.26. The van der Waals surface area contributed by atoms with Crippen LogP contribution in [0.15, 0.2) is 24.3 Å². The van der Waals surface area contributed by atoms with Crippen LogP contribution in [0.3, 0.4) is 0 Å². The summed E-state index contributed by atoms with van der Waals surface area (Å²) in [6, 6.07) is 6.79. The van der Waals surface area contributed by atoms with E-state index in [1.165, 1.54) is 12.5 Å². The van der Waals surface area contributed by atoms with Gasteiger partial charge in [0, 0.05) is 12.6 Å². The summed E-state index contributed by atoms with van der Waals surface area (Å²) in [6.45, 7) is 5.72. The van der Waals surface area contributed by atoms with Gasteiger partial charge < -0.3 is 10.4 Å². The Labute approximate surface area is 118 Å². The lowest BCUT2D eigenvalue weighted by atomic mass is 10.00. The lowest BCUT2D eigenvalue weighted by molar-refractivity contribution is -0.139. The van der Waals surface area contributed by atoms with E-state index in [9.17, 15) is 18.3 Å². The minimum absolute atomic E-state index is 0.109. The topological polar surface area (TPSA) is 32.3 Å². The number of alkyl halides is 3. The van der Waals surface area contributed by atoms with Gasteiger partial charge in [-0.25, -0.2) is 0 Å². The maximum absolute atomic E-state index is 12.2. The molecular weight excluding hydrogens is 267 g/mol. The third-order valence-corrected chi connectivity index (χ3v) is 3.19. The zero-order chi connectivity index (χ0) is 15.3. The molecule has 2 nitrogen and oxygen atoms in total. The fourth-order valence-corrected chi connectivity index (χ4v) is 1.95. The number of benzene rings is 1. The first-order valence-electron chi connectivity index (χ1n) is 6.77. The molecule has 0 aliphatic carbocycles. The van der Waals surface area contributed by atoms with Gasteiger partial charge >= 0.3 is 6.18 Å². The molecule has 2 atom stereocenters. The van der Waals surface area contributed by atoms with Crippen LogP contribution in [-0.4, -0.2) is 23.9 Å². The van der Waals surface area contributed by atoms with E-state index >= 15 is 0 Å². The molecule has 0 bridgehead atoms. The quantitative estimate of drug-likeness (QED) is 0.835. The maximum atomic E-state index is 12.2. The second kappa shape index (κ2) is 7.09. The van der Waals surface area contributed by atoms with Crippen LogP contribution >= 0.6 is 0 Å². The first kappa shape index (κ1) is 17.0. The molecule has 2 unspecified atom stereocenters. The van der Waals surface area contributed by atoms with Crippen LogP contribution in [0, 0.1) is 0 Å². The van der Waals surface area contributed by atoms with Gasteiger partial charge in [-0.15, -0.1) is 0 Å². The molecule has 0 aromatic heterocycles. The van der Waals surface area contributed by atoms with Crippen molar-refractivity contribution < 1.29 is 18.3 Å². The summed E-state index contributed by atoms with van der Waals surface area (Å²) in [4.78, 5) is 0. The highest BCUT2D eigenvalue weighted by atomic mass is 19.4. The maximum Gasteiger partial charge on any atom is 0.390 e. The van der Waals surface area contributed by atoms with Crippen LogP contribution < -0.4 is 5.32 Å². The van der Waals surface area contributed by atoms with Crippen LogP contribution in [0.2, 0.25) is 0 Å². The van der Waals surface area contributed by atoms with Crippen molar-refractivity contribution in [2.24, 2.45) is 0 Å². The van der Waals surface area contributed by atoms with Crippen molar-refractivity contribution in [1.29, 1.82) is 0 Å². The van der Waals surface area contributed by atoms with E-state index in [1.807, 2.05) is 24.3 Å². The Morgan fingerprint density at radius 3 is 2.00 bits per heavy atom. The number of nitrogens with one attached hydrogen (secondary N) is 1. The summed E-state index contributed by atoms with van der Waals surface area (Å²) in [5, 5.41) is 12.7. The molecule has 2 N–H and O–H groups in total. The van der Waals surface area contributed by atoms with Gasteiger partial charge in [0.05, 0.1) is 12.5 Å². The van der Waals surface area contributed by atoms with Gasteiger partial charge in [0.25, 0.3) is 0 Å². The second-order valence-electron chi connectivity index (χ2n) is 5.47. The Bertz CT molecular complexity index is 401. The van der Waals surface area contributed by atoms with Crippen LogP contribution in [0.25, 0.3) is 0 Å². The van der Waals surface area contributed by atoms with Gasteiger partial charge in [-0.3, -0.25) is 0 Å². The largest absolute Gasteiger partial charge is 0.390 e. The number of hydrogen-bond donors (Lipinski definition) is 2. The zero-order valence-corrected chi connectivity index (χ0v) is 12.0. The van der Waals surface area contributed by atoms with Crippen molar-refractivity contribution in [3.8, 4) is 0 Å². The van der Waals surface area contributed by atoms with Crippen molar-refractivity contribution in [1.82, 2.24) is 5.32 Å². The molecule has 114 valence electrons. The van der Waals surface area contributed by atoms with E-state index in [0.717, 1.165) is 0 Å². The Morgan fingerprint density at radius 1 is 1.05 bits per heavy atom. The van der Waals surface area contributed by atoms with Gasteiger partial charge in [0.15, 0.2) is 0 Å². The summed E-state index contributed by atoms with van der Waals surface area (Å²) < 4.78 is 36.5. The number of halogens is 3. The molecule has 20 heavy (non-hydrogen) atoms. The van der Waals surface area contributed by atoms with E-state index in [-0.39, 0.29) is 6.54 Å². The second-order valence-corrected chi connectivity index (χ2v) is 5.47. The molecule has 0 radical (unpaired) electrons. The molecule has 0 saturated heterocycles. The fourth-order valence-electron chi connectivity index (χ4n) is 1.95. The minimum atomic E-state index is -4.18. The molecule has 0 fully saturated rings. The lowest BCUT2D eigenvalue weighted by Crippen LogP contribution is -2.34. The Morgan fingerprint density at radius 2 is 1.55 bits per heavy atom. The number of aliphatic hydroxyl groups excluding tert-OH is 1. The van der Waals surface area contributed by atoms with Gasteiger partial charge in [-0.05, 0) is 24.0 Å². The van der Waals surface area contributed by atoms with Crippen LogP contribution in [0.5, 0.6) is 0 Å². The standard InChI is InChI=1S/C15H22F3NO/c1-10(2)12-4-6-13(7-5-12)14(20)9-19-11(3)8-15(16,17)18/h4-7,10-11,14,19-20H,8-9H2,1-3H3. The molecular formula is C15H22F3NO. The average molecular weight is 289 g/mol. The van der Waals surface area contributed by atoms with Gasteiger partial charge in [0.2, 0.25) is 0 Å². The zero-order valence-electron chi connectivity index (χ0n) is 12.0. The van der Waals surface area contributed by atoms with E-state index in [0.29, 0.717) is 11.5 Å². The number of rotatable bonds is 6. The average Bonchev–Trinajstić information content (AvgIpc) is 2.34. The molecule has 0 aliphatic rings. The molecule has 0 saturated carbocycles. The monoisotopic (exact) mass is 289 g/mol. The summed E-state index contributed by atoms with van der Waals surface area (Å²) in [6.07, 6.45) is -5.88. The first-order valence-corrected chi connectivity index (χ1v) is 6.77. The van der Waals surface area contributed by atoms with Crippen molar-refractivity contribution in [3.63, 3.8) is 0 Å². The van der Waals surface area contributed by atoms with Crippen molar-refractivity contribution >= 4 is 0 Å². The smallest absolute Gasteiger partial charge is 0.387 e. The predicted molar refractivity (Wildman–Crippen MR) is 73.6 cm³/mol. The minimum Gasteiger partial charge on any atom is -0.387 e. The van der Waals surface area contributed by atoms with Crippen molar-refractivity contribution in [3.05, 3.63) is 35.4 Å². The summed E-state index contributed by atoms with van der Waals surface area (Å²) in [7, 11) is 0. The molecule has 0 heterocycles. The third-order valence-electron chi connectivity index (χ3n) is 3.19. The predicted octanol–water partition coefficient (Wildman–Crippen LogP) is 3.77. The van der Waals surface area contributed by atoms with Crippen LogP contribution in [0.1, 0.15) is 50.3 Å². The molecule has 0 spiro atoms. The van der Waals surface area contributed by atoms with Crippen molar-refractivity contribution in [2.45, 2.75) is 51.4 Å². The molecule has 5 heteroatoms. The highest BCUT2D eigenvalue weighted by Crippen LogP contribution is 2.22. The molecule has 0 amide bonds. The van der Waals surface area contributed by atoms with E-state index in [1.54, 1.807) is 0 Å². The molecule has 0 aliphatic heterocycles. The van der Waals surface area contributed by atoms with E-state index < -0.39 is 24.7 Å². The van der Waals surface area contributed by atoms with Crippen LogP contribution in [-0.2, 0) is 0 Å². The van der Waals surface area contributed by atoms with Gasteiger partial charge in [0.1, 0.15) is 0 Å². The third kappa shape index (κ3) is 5.92. The summed E-state index contributed by atoms with van der Waals surface area (Å²) in [5.41, 5.74) is 1.88. The van der Waals surface area contributed by atoms with Gasteiger partial charge in [-0.1, -0.05) is 38.1 Å². The molecule has 1 aromatic carbocycles. The van der Waals surface area contributed by atoms with Crippen molar-refractivity contribution in [2.75, 3.05) is 6.54 Å². The fraction of sp³-hybridized carbons (Fsp3) is 0.600. The Balaban J connectivity index is 2.48. The Hall–Kier alpha value is -1.07. The first-order chi connectivity index (χ1) is 9.19. The van der Waals surface area contributed by atoms with E-state index in [4.69, 9.17) is 0 Å². The summed E-state index contributed by atoms with van der Waals surface area (Å²) in [5.74, 6) is 0.408. The van der Waals surface area contributed by atoms with Gasteiger partial charge in [-0.2, -0.15) is 13.2 Å². The SMILES string of the molecule is CC(CC(F)(F)F)NCC(O)c1ccc(C(C)C)cc1. The molecule has 1 aromatic rings. The summed E-state index contributed by atoms with van der Waals surface area (Å²) >= 11 is 0. The molecule has 1 rings (SSSR count). The van der Waals surface area contributed by atoms with Crippen LogP contribution in [0.4, 0.5) is 13.2 Å². The highest BCUT2D eigenvalue weighted by Gasteiger charge is 2.29. The normalized spacial score (nSPS) is 15.4. The Kier molecular flexibility index (Phi) is 6.02. The lowest BCUT2D eigenvalue weighted by Gasteiger charge is -2.19. The number of hydrogen-bond acceptors (Lipinski definition) is 2. The van der Waals surface area contributed by atoms with E-state index in [2.05, 4.69) is 19.2 Å². The number of aliphatic hydroxyl groups is 1.